The summed E-state index contributed by atoms with van der Waals surface area (Å²) in [5, 5.41) is 3.52. The molecule has 0 radical (unpaired) electrons. The van der Waals surface area contributed by atoms with Crippen molar-refractivity contribution in [3.8, 4) is 0 Å². The molecule has 3 aliphatic heterocycles. The fraction of sp³-hybridized carbons (Fsp3) is 1.00. The van der Waals surface area contributed by atoms with Crippen LogP contribution in [0.5, 0.6) is 0 Å². The second kappa shape index (κ2) is 5.01. The first kappa shape index (κ1) is 12.6. The zero-order valence-corrected chi connectivity index (χ0v) is 12.2. The van der Waals surface area contributed by atoms with Crippen LogP contribution in [-0.4, -0.2) is 61.7 Å². The van der Waals surface area contributed by atoms with Crippen LogP contribution >= 0.6 is 0 Å². The maximum absolute atomic E-state index is 3.52. The second-order valence-corrected chi connectivity index (χ2v) is 7.46. The van der Waals surface area contributed by atoms with E-state index < -0.39 is 0 Å². The highest BCUT2D eigenvalue weighted by molar-refractivity contribution is 5.05. The van der Waals surface area contributed by atoms with Gasteiger partial charge < -0.3 is 10.2 Å². The summed E-state index contributed by atoms with van der Waals surface area (Å²) in [6.45, 7) is 9.41. The minimum absolute atomic E-state index is 0.771. The minimum Gasteiger partial charge on any atom is -0.317 e. The molecular formula is C16H29N3. The van der Waals surface area contributed by atoms with E-state index in [1.165, 1.54) is 84.3 Å². The summed E-state index contributed by atoms with van der Waals surface area (Å²) in [4.78, 5) is 5.57. The molecule has 3 nitrogen and oxygen atoms in total. The molecule has 4 rings (SSSR count). The lowest BCUT2D eigenvalue weighted by Gasteiger charge is -2.28. The van der Waals surface area contributed by atoms with E-state index in [0.717, 1.165) is 17.4 Å². The van der Waals surface area contributed by atoms with Crippen molar-refractivity contribution >= 4 is 0 Å². The molecule has 0 aromatic heterocycles. The van der Waals surface area contributed by atoms with Gasteiger partial charge in [-0.05, 0) is 82.6 Å². The van der Waals surface area contributed by atoms with E-state index in [9.17, 15) is 0 Å². The summed E-state index contributed by atoms with van der Waals surface area (Å²) in [7, 11) is 0. The van der Waals surface area contributed by atoms with Gasteiger partial charge in [-0.1, -0.05) is 0 Å². The first-order valence-electron chi connectivity index (χ1n) is 8.53. The van der Waals surface area contributed by atoms with E-state index in [-0.39, 0.29) is 0 Å². The Morgan fingerprint density at radius 2 is 1.89 bits per heavy atom. The summed E-state index contributed by atoms with van der Waals surface area (Å²) < 4.78 is 0. The van der Waals surface area contributed by atoms with Gasteiger partial charge in [0.05, 0.1) is 0 Å². The van der Waals surface area contributed by atoms with Gasteiger partial charge in [0, 0.05) is 19.1 Å². The third kappa shape index (κ3) is 2.45. The average Bonchev–Trinajstić information content (AvgIpc) is 2.94. The van der Waals surface area contributed by atoms with Crippen LogP contribution in [-0.2, 0) is 0 Å². The Morgan fingerprint density at radius 3 is 2.79 bits per heavy atom. The van der Waals surface area contributed by atoms with Crippen molar-refractivity contribution in [2.24, 2.45) is 11.3 Å². The van der Waals surface area contributed by atoms with Crippen molar-refractivity contribution in [3.05, 3.63) is 0 Å². The lowest BCUT2D eigenvalue weighted by atomic mass is 9.92. The monoisotopic (exact) mass is 263 g/mol. The molecule has 1 spiro atoms. The Morgan fingerprint density at radius 1 is 1.05 bits per heavy atom. The lowest BCUT2D eigenvalue weighted by Crippen LogP contribution is -2.38. The van der Waals surface area contributed by atoms with E-state index in [2.05, 4.69) is 15.1 Å². The van der Waals surface area contributed by atoms with Crippen LogP contribution < -0.4 is 5.32 Å². The maximum atomic E-state index is 3.52. The maximum Gasteiger partial charge on any atom is 0.0223 e. The quantitative estimate of drug-likeness (QED) is 0.815. The Hall–Kier alpha value is -0.120. The third-order valence-corrected chi connectivity index (χ3v) is 6.32. The zero-order chi connectivity index (χ0) is 12.7. The Labute approximate surface area is 117 Å². The van der Waals surface area contributed by atoms with Gasteiger partial charge in [0.25, 0.3) is 0 Å². The van der Waals surface area contributed by atoms with Crippen molar-refractivity contribution in [2.75, 3.05) is 45.8 Å². The van der Waals surface area contributed by atoms with E-state index in [1.54, 1.807) is 0 Å². The van der Waals surface area contributed by atoms with Crippen LogP contribution in [0.3, 0.4) is 0 Å². The number of nitrogens with one attached hydrogen (secondary N) is 1. The van der Waals surface area contributed by atoms with Crippen molar-refractivity contribution in [1.82, 2.24) is 15.1 Å². The second-order valence-electron chi connectivity index (χ2n) is 7.46. The molecule has 108 valence electrons. The first-order valence-corrected chi connectivity index (χ1v) is 8.53. The molecule has 19 heavy (non-hydrogen) atoms. The van der Waals surface area contributed by atoms with Crippen LogP contribution in [0.1, 0.15) is 38.5 Å². The Kier molecular flexibility index (Phi) is 3.33. The van der Waals surface area contributed by atoms with Crippen molar-refractivity contribution in [3.63, 3.8) is 0 Å². The van der Waals surface area contributed by atoms with Gasteiger partial charge in [0.15, 0.2) is 0 Å². The summed E-state index contributed by atoms with van der Waals surface area (Å²) in [5.41, 5.74) is 0.771. The van der Waals surface area contributed by atoms with Gasteiger partial charge in [-0.3, -0.25) is 4.90 Å². The number of hydrogen-bond donors (Lipinski definition) is 1. The molecule has 4 aliphatic rings. The standard InChI is InChI=1S/C16H29N3/c1-3-15-13-18(8-2-10-19(15)9-1)12-14-11-16(14)4-6-17-7-5-16/h14-15,17H,1-13H2. The fourth-order valence-electron chi connectivity index (χ4n) is 4.99. The average molecular weight is 263 g/mol. The topological polar surface area (TPSA) is 18.5 Å². The Balaban J connectivity index is 1.33. The molecule has 0 amide bonds. The highest BCUT2D eigenvalue weighted by atomic mass is 15.3. The fourth-order valence-corrected chi connectivity index (χ4v) is 4.99. The molecule has 0 bridgehead atoms. The van der Waals surface area contributed by atoms with Crippen LogP contribution in [0, 0.1) is 11.3 Å². The summed E-state index contributed by atoms with van der Waals surface area (Å²) in [5.74, 6) is 1.03. The molecule has 3 saturated heterocycles. The van der Waals surface area contributed by atoms with Crippen molar-refractivity contribution in [2.45, 2.75) is 44.6 Å². The van der Waals surface area contributed by atoms with Crippen LogP contribution in [0.2, 0.25) is 0 Å². The molecule has 3 heterocycles. The molecule has 2 atom stereocenters. The SMILES string of the molecule is C1CC2CN(CC3CC34CCNCC4)CCCN2C1. The highest BCUT2D eigenvalue weighted by Crippen LogP contribution is 2.58. The number of fused-ring (bicyclic) bond motifs is 1. The van der Waals surface area contributed by atoms with Crippen LogP contribution in [0.4, 0.5) is 0 Å². The molecular weight excluding hydrogens is 234 g/mol. The predicted molar refractivity (Wildman–Crippen MR) is 78.3 cm³/mol. The first-order chi connectivity index (χ1) is 9.36. The van der Waals surface area contributed by atoms with E-state index in [4.69, 9.17) is 0 Å². The van der Waals surface area contributed by atoms with Gasteiger partial charge in [0.1, 0.15) is 0 Å². The largest absolute Gasteiger partial charge is 0.317 e. The molecule has 4 fully saturated rings. The molecule has 0 aromatic rings. The van der Waals surface area contributed by atoms with Gasteiger partial charge in [0.2, 0.25) is 0 Å². The van der Waals surface area contributed by atoms with Crippen molar-refractivity contribution < 1.29 is 0 Å². The molecule has 1 N–H and O–H groups in total. The number of hydrogen-bond acceptors (Lipinski definition) is 3. The number of piperidine rings is 1. The zero-order valence-electron chi connectivity index (χ0n) is 12.2. The van der Waals surface area contributed by atoms with Gasteiger partial charge in [-0.2, -0.15) is 0 Å². The molecule has 3 heteroatoms. The van der Waals surface area contributed by atoms with E-state index in [1.807, 2.05) is 0 Å². The number of rotatable bonds is 2. The van der Waals surface area contributed by atoms with Crippen molar-refractivity contribution in [1.29, 1.82) is 0 Å². The molecule has 0 aromatic carbocycles. The molecule has 1 saturated carbocycles. The Bertz CT molecular complexity index is 324. The van der Waals surface area contributed by atoms with Crippen LogP contribution in [0.25, 0.3) is 0 Å². The molecule has 2 unspecified atom stereocenters. The summed E-state index contributed by atoms with van der Waals surface area (Å²) >= 11 is 0. The van der Waals surface area contributed by atoms with Gasteiger partial charge >= 0.3 is 0 Å². The highest BCUT2D eigenvalue weighted by Gasteiger charge is 2.53. The molecule has 1 aliphatic carbocycles. The normalized spacial score (nSPS) is 39.2. The lowest BCUT2D eigenvalue weighted by molar-refractivity contribution is 0.200. The third-order valence-electron chi connectivity index (χ3n) is 6.32. The van der Waals surface area contributed by atoms with Crippen LogP contribution in [0.15, 0.2) is 0 Å². The summed E-state index contributed by atoms with van der Waals surface area (Å²) in [6.07, 6.45) is 8.72. The number of nitrogens with zero attached hydrogens (tertiary/aromatic N) is 2. The smallest absolute Gasteiger partial charge is 0.0223 e. The predicted octanol–water partition coefficient (Wildman–Crippen LogP) is 1.55. The van der Waals surface area contributed by atoms with Gasteiger partial charge in [-0.25, -0.2) is 0 Å². The van der Waals surface area contributed by atoms with E-state index >= 15 is 0 Å². The summed E-state index contributed by atoms with van der Waals surface area (Å²) in [6, 6.07) is 0.894. The van der Waals surface area contributed by atoms with E-state index in [0.29, 0.717) is 0 Å². The minimum atomic E-state index is 0.771. The van der Waals surface area contributed by atoms with Gasteiger partial charge in [-0.15, -0.1) is 0 Å².